The highest BCUT2D eigenvalue weighted by molar-refractivity contribution is 5.77. The molecule has 142 valence electrons. The van der Waals surface area contributed by atoms with E-state index in [1.54, 1.807) is 18.2 Å². The van der Waals surface area contributed by atoms with E-state index in [0.29, 0.717) is 36.1 Å². The van der Waals surface area contributed by atoms with E-state index in [2.05, 4.69) is 49.5 Å². The Hall–Kier alpha value is -3.00. The maximum atomic E-state index is 12.0. The Labute approximate surface area is 160 Å². The summed E-state index contributed by atoms with van der Waals surface area (Å²) in [4.78, 5) is 12.0. The molecule has 0 spiro atoms. The summed E-state index contributed by atoms with van der Waals surface area (Å²) in [5, 5.41) is 11.8. The summed E-state index contributed by atoms with van der Waals surface area (Å²) < 4.78 is 11.0. The van der Waals surface area contributed by atoms with Crippen LogP contribution in [0.5, 0.6) is 11.5 Å². The summed E-state index contributed by atoms with van der Waals surface area (Å²) in [7, 11) is 0. The van der Waals surface area contributed by atoms with Gasteiger partial charge in [-0.15, -0.1) is 0 Å². The minimum atomic E-state index is -0.194. The molecule has 5 heteroatoms. The molecule has 2 rings (SSSR count). The third-order valence-electron chi connectivity index (χ3n) is 4.11. The molecular formula is C22H26N2O3. The van der Waals surface area contributed by atoms with E-state index in [9.17, 15) is 4.79 Å². The van der Waals surface area contributed by atoms with Gasteiger partial charge in [0.2, 0.25) is 0 Å². The molecule has 0 unspecified atom stereocenters. The third-order valence-corrected chi connectivity index (χ3v) is 4.11. The molecule has 2 aromatic rings. The van der Waals surface area contributed by atoms with Gasteiger partial charge in [-0.05, 0) is 42.5 Å². The van der Waals surface area contributed by atoms with E-state index < -0.39 is 0 Å². The summed E-state index contributed by atoms with van der Waals surface area (Å²) in [6.07, 6.45) is 0.769. The number of ether oxygens (including phenoxy) is 2. The number of benzene rings is 2. The maximum Gasteiger partial charge on any atom is 0.257 e. The second-order valence-corrected chi connectivity index (χ2v) is 6.49. The molecule has 0 aliphatic carbocycles. The zero-order valence-corrected chi connectivity index (χ0v) is 16.1. The molecule has 0 aliphatic heterocycles. The lowest BCUT2D eigenvalue weighted by Crippen LogP contribution is -2.30. The summed E-state index contributed by atoms with van der Waals surface area (Å²) in [6.45, 7) is 7.09. The van der Waals surface area contributed by atoms with E-state index in [0.717, 1.165) is 6.42 Å². The van der Waals surface area contributed by atoms with Gasteiger partial charge in [-0.3, -0.25) is 4.79 Å². The van der Waals surface area contributed by atoms with Gasteiger partial charge in [0.25, 0.3) is 5.91 Å². The Balaban J connectivity index is 1.80. The fourth-order valence-corrected chi connectivity index (χ4v) is 2.57. The normalized spacial score (nSPS) is 10.3. The Morgan fingerprint density at radius 2 is 1.85 bits per heavy atom. The highest BCUT2D eigenvalue weighted by Gasteiger charge is 2.09. The van der Waals surface area contributed by atoms with Crippen LogP contribution in [0.3, 0.4) is 0 Å². The Kier molecular flexibility index (Phi) is 7.69. The van der Waals surface area contributed by atoms with E-state index in [-0.39, 0.29) is 12.5 Å². The first-order valence-corrected chi connectivity index (χ1v) is 9.18. The van der Waals surface area contributed by atoms with Crippen molar-refractivity contribution in [3.63, 3.8) is 0 Å². The largest absolute Gasteiger partial charge is 0.490 e. The van der Waals surface area contributed by atoms with Crippen LogP contribution in [-0.2, 0) is 11.2 Å². The topological polar surface area (TPSA) is 71.3 Å². The highest BCUT2D eigenvalue weighted by atomic mass is 16.5. The monoisotopic (exact) mass is 366 g/mol. The van der Waals surface area contributed by atoms with Crippen LogP contribution in [0.15, 0.2) is 42.5 Å². The molecule has 0 bridgehead atoms. The van der Waals surface area contributed by atoms with Crippen LogP contribution >= 0.6 is 0 Å². The van der Waals surface area contributed by atoms with Gasteiger partial charge in [0.15, 0.2) is 18.1 Å². The molecule has 0 aromatic heterocycles. The fraction of sp³-hybridized carbons (Fsp3) is 0.364. The number of amides is 1. The first-order valence-electron chi connectivity index (χ1n) is 9.18. The van der Waals surface area contributed by atoms with Crippen molar-refractivity contribution in [3.8, 4) is 17.6 Å². The van der Waals surface area contributed by atoms with Gasteiger partial charge in [-0.1, -0.05) is 38.1 Å². The van der Waals surface area contributed by atoms with Crippen LogP contribution in [0.4, 0.5) is 0 Å². The summed E-state index contributed by atoms with van der Waals surface area (Å²) in [5.41, 5.74) is 2.98. The first kappa shape index (κ1) is 20.3. The summed E-state index contributed by atoms with van der Waals surface area (Å²) in [5.74, 6) is 1.24. The quantitative estimate of drug-likeness (QED) is 0.732. The van der Waals surface area contributed by atoms with Crippen molar-refractivity contribution >= 4 is 5.91 Å². The van der Waals surface area contributed by atoms with Crippen molar-refractivity contribution in [2.45, 2.75) is 33.1 Å². The van der Waals surface area contributed by atoms with Crippen molar-refractivity contribution in [2.75, 3.05) is 19.8 Å². The highest BCUT2D eigenvalue weighted by Crippen LogP contribution is 2.28. The van der Waals surface area contributed by atoms with Gasteiger partial charge in [-0.2, -0.15) is 5.26 Å². The van der Waals surface area contributed by atoms with Crippen LogP contribution in [0, 0.1) is 11.3 Å². The average molecular weight is 366 g/mol. The van der Waals surface area contributed by atoms with Crippen LogP contribution in [0.25, 0.3) is 0 Å². The zero-order valence-electron chi connectivity index (χ0n) is 16.1. The van der Waals surface area contributed by atoms with E-state index in [4.69, 9.17) is 14.7 Å². The van der Waals surface area contributed by atoms with Crippen LogP contribution in [0.2, 0.25) is 0 Å². The van der Waals surface area contributed by atoms with Gasteiger partial charge in [-0.25, -0.2) is 0 Å². The van der Waals surface area contributed by atoms with Crippen molar-refractivity contribution in [1.82, 2.24) is 5.32 Å². The lowest BCUT2D eigenvalue weighted by Gasteiger charge is -2.12. The molecule has 1 N–H and O–H groups in total. The lowest BCUT2D eigenvalue weighted by molar-refractivity contribution is -0.123. The number of rotatable bonds is 9. The second kappa shape index (κ2) is 10.2. The van der Waals surface area contributed by atoms with Crippen molar-refractivity contribution < 1.29 is 14.3 Å². The molecule has 5 nitrogen and oxygen atoms in total. The van der Waals surface area contributed by atoms with Crippen LogP contribution < -0.4 is 14.8 Å². The molecule has 0 fully saturated rings. The SMILES string of the molecule is CCOc1cc(C#N)ccc1OCC(=O)NCCc1ccc(C(C)C)cc1. The molecular weight excluding hydrogens is 340 g/mol. The molecule has 0 radical (unpaired) electrons. The first-order chi connectivity index (χ1) is 13.0. The number of carbonyl (C=O) groups excluding carboxylic acids is 1. The third kappa shape index (κ3) is 6.34. The fourth-order valence-electron chi connectivity index (χ4n) is 2.57. The number of nitrogens with zero attached hydrogens (tertiary/aromatic N) is 1. The number of nitrogens with one attached hydrogen (secondary N) is 1. The van der Waals surface area contributed by atoms with Gasteiger partial charge in [0, 0.05) is 12.6 Å². The van der Waals surface area contributed by atoms with Gasteiger partial charge >= 0.3 is 0 Å². The maximum absolute atomic E-state index is 12.0. The molecule has 0 aliphatic rings. The average Bonchev–Trinajstić information content (AvgIpc) is 2.67. The zero-order chi connectivity index (χ0) is 19.6. The number of hydrogen-bond donors (Lipinski definition) is 1. The predicted molar refractivity (Wildman–Crippen MR) is 105 cm³/mol. The van der Waals surface area contributed by atoms with Crippen molar-refractivity contribution in [2.24, 2.45) is 0 Å². The van der Waals surface area contributed by atoms with Gasteiger partial charge in [0.05, 0.1) is 18.2 Å². The standard InChI is InChI=1S/C22H26N2O3/c1-4-26-21-13-18(14-23)7-10-20(21)27-15-22(25)24-12-11-17-5-8-19(9-6-17)16(2)3/h5-10,13,16H,4,11-12,15H2,1-3H3,(H,24,25). The Morgan fingerprint density at radius 3 is 2.48 bits per heavy atom. The van der Waals surface area contributed by atoms with Gasteiger partial charge in [0.1, 0.15) is 0 Å². The molecule has 0 saturated heterocycles. The summed E-state index contributed by atoms with van der Waals surface area (Å²) >= 11 is 0. The van der Waals surface area contributed by atoms with Crippen molar-refractivity contribution in [3.05, 3.63) is 59.2 Å². The summed E-state index contributed by atoms with van der Waals surface area (Å²) in [6, 6.07) is 15.4. The number of carbonyl (C=O) groups is 1. The lowest BCUT2D eigenvalue weighted by atomic mass is 10.0. The van der Waals surface area contributed by atoms with E-state index >= 15 is 0 Å². The molecule has 2 aromatic carbocycles. The van der Waals surface area contributed by atoms with Crippen molar-refractivity contribution in [1.29, 1.82) is 5.26 Å². The predicted octanol–water partition coefficient (Wildman–Crippen LogP) is 3.82. The van der Waals surface area contributed by atoms with Gasteiger partial charge < -0.3 is 14.8 Å². The Morgan fingerprint density at radius 1 is 1.11 bits per heavy atom. The number of hydrogen-bond acceptors (Lipinski definition) is 4. The minimum Gasteiger partial charge on any atom is -0.490 e. The van der Waals surface area contributed by atoms with Crippen LogP contribution in [-0.4, -0.2) is 25.7 Å². The van der Waals surface area contributed by atoms with E-state index in [1.807, 2.05) is 6.92 Å². The number of nitriles is 1. The molecule has 0 atom stereocenters. The smallest absolute Gasteiger partial charge is 0.257 e. The molecule has 27 heavy (non-hydrogen) atoms. The molecule has 1 amide bonds. The second-order valence-electron chi connectivity index (χ2n) is 6.49. The minimum absolute atomic E-state index is 0.0989. The van der Waals surface area contributed by atoms with E-state index in [1.165, 1.54) is 11.1 Å². The van der Waals surface area contributed by atoms with Crippen LogP contribution in [0.1, 0.15) is 43.4 Å². The molecule has 0 heterocycles. The molecule has 0 saturated carbocycles. The Bertz CT molecular complexity index is 792.